The Morgan fingerprint density at radius 1 is 1.15 bits per heavy atom. The summed E-state index contributed by atoms with van der Waals surface area (Å²) in [5.41, 5.74) is 6.15. The van der Waals surface area contributed by atoms with Gasteiger partial charge in [-0.15, -0.1) is 0 Å². The van der Waals surface area contributed by atoms with Gasteiger partial charge in [0, 0.05) is 12.1 Å². The van der Waals surface area contributed by atoms with Crippen LogP contribution in [0.15, 0.2) is 24.3 Å². The van der Waals surface area contributed by atoms with Crippen LogP contribution in [0.1, 0.15) is 39.2 Å². The molecule has 0 saturated heterocycles. The van der Waals surface area contributed by atoms with Gasteiger partial charge in [0.2, 0.25) is 0 Å². The number of Topliss-reactive ketones (excluding diaryl/α,β-unsaturated/α-hetero) is 1. The number of carbonyl (C=O) groups excluding carboxylic acids is 2. The van der Waals surface area contributed by atoms with Gasteiger partial charge in [-0.2, -0.15) is 0 Å². The number of rotatable bonds is 7. The third-order valence-corrected chi connectivity index (χ3v) is 3.61. The van der Waals surface area contributed by atoms with Crippen LogP contribution in [-0.2, 0) is 20.7 Å². The molecule has 0 aromatic heterocycles. The van der Waals surface area contributed by atoms with Crippen molar-refractivity contribution < 1.29 is 14.3 Å². The predicted molar refractivity (Wildman–Crippen MR) is 79.2 cm³/mol. The fraction of sp³-hybridized carbons (Fsp3) is 0.500. The van der Waals surface area contributed by atoms with Crippen LogP contribution < -0.4 is 5.73 Å². The first kappa shape index (κ1) is 16.2. The summed E-state index contributed by atoms with van der Waals surface area (Å²) in [7, 11) is 0. The van der Waals surface area contributed by atoms with Crippen molar-refractivity contribution in [3.8, 4) is 0 Å². The highest BCUT2D eigenvalue weighted by Crippen LogP contribution is 2.32. The van der Waals surface area contributed by atoms with Crippen LogP contribution in [-0.4, -0.2) is 18.4 Å². The largest absolute Gasteiger partial charge is 0.465 e. The Bertz CT molecular complexity index is 467. The summed E-state index contributed by atoms with van der Waals surface area (Å²) in [5, 5.41) is 0. The minimum atomic E-state index is -1.08. The molecule has 4 heteroatoms. The van der Waals surface area contributed by atoms with Crippen LogP contribution in [0.3, 0.4) is 0 Å². The fourth-order valence-electron chi connectivity index (χ4n) is 2.34. The molecule has 110 valence electrons. The molecule has 0 saturated carbocycles. The second kappa shape index (κ2) is 7.08. The number of nitrogen functional groups attached to an aromatic ring is 1. The zero-order valence-electron chi connectivity index (χ0n) is 12.4. The van der Waals surface area contributed by atoms with Gasteiger partial charge in [-0.25, -0.2) is 0 Å². The van der Waals surface area contributed by atoms with E-state index in [9.17, 15) is 9.59 Å². The summed E-state index contributed by atoms with van der Waals surface area (Å²) in [6.07, 6.45) is 1.11. The summed E-state index contributed by atoms with van der Waals surface area (Å²) in [6.45, 7) is 5.65. The number of hydrogen-bond acceptors (Lipinski definition) is 4. The van der Waals surface area contributed by atoms with E-state index in [4.69, 9.17) is 10.5 Å². The van der Waals surface area contributed by atoms with Crippen molar-refractivity contribution in [1.82, 2.24) is 0 Å². The first-order valence-electron chi connectivity index (χ1n) is 7.05. The molecule has 1 unspecified atom stereocenters. The Labute approximate surface area is 120 Å². The lowest BCUT2D eigenvalue weighted by atomic mass is 9.74. The molecule has 1 rings (SSSR count). The van der Waals surface area contributed by atoms with E-state index in [-0.39, 0.29) is 12.4 Å². The first-order chi connectivity index (χ1) is 9.50. The fourth-order valence-corrected chi connectivity index (χ4v) is 2.34. The van der Waals surface area contributed by atoms with E-state index in [1.807, 2.05) is 19.1 Å². The molecule has 0 amide bonds. The molecule has 4 nitrogen and oxygen atoms in total. The Hall–Kier alpha value is -1.84. The van der Waals surface area contributed by atoms with Crippen LogP contribution in [0, 0.1) is 5.41 Å². The highest BCUT2D eigenvalue weighted by atomic mass is 16.5. The Kier molecular flexibility index (Phi) is 5.74. The van der Waals surface area contributed by atoms with E-state index in [2.05, 4.69) is 0 Å². The topological polar surface area (TPSA) is 69.4 Å². The Balaban J connectivity index is 3.12. The third kappa shape index (κ3) is 3.38. The zero-order chi connectivity index (χ0) is 15.2. The third-order valence-electron chi connectivity index (χ3n) is 3.61. The van der Waals surface area contributed by atoms with Gasteiger partial charge >= 0.3 is 5.97 Å². The number of anilines is 1. The normalized spacial score (nSPS) is 13.6. The molecule has 0 aliphatic heterocycles. The second-order valence-electron chi connectivity index (χ2n) is 4.85. The summed E-state index contributed by atoms with van der Waals surface area (Å²) in [6, 6.07) is 7.25. The lowest BCUT2D eigenvalue weighted by Crippen LogP contribution is -2.42. The minimum absolute atomic E-state index is 0.0738. The Morgan fingerprint density at radius 2 is 1.75 bits per heavy atom. The van der Waals surface area contributed by atoms with Crippen LogP contribution in [0.5, 0.6) is 0 Å². The zero-order valence-corrected chi connectivity index (χ0v) is 12.4. The minimum Gasteiger partial charge on any atom is -0.465 e. The highest BCUT2D eigenvalue weighted by molar-refractivity contribution is 6.04. The number of hydrogen-bond donors (Lipinski definition) is 1. The lowest BCUT2D eigenvalue weighted by molar-refractivity contribution is -0.160. The summed E-state index contributed by atoms with van der Waals surface area (Å²) in [4.78, 5) is 24.6. The molecule has 0 fully saturated rings. The van der Waals surface area contributed by atoms with E-state index in [1.165, 1.54) is 0 Å². The van der Waals surface area contributed by atoms with Crippen molar-refractivity contribution in [1.29, 1.82) is 0 Å². The van der Waals surface area contributed by atoms with Gasteiger partial charge < -0.3 is 10.5 Å². The molecule has 20 heavy (non-hydrogen) atoms. The SMILES string of the molecule is CCOC(=O)C(CC)(Cc1ccc(N)cc1)C(=O)CC. The van der Waals surface area contributed by atoms with Crippen molar-refractivity contribution in [3.05, 3.63) is 29.8 Å². The molecule has 0 bridgehead atoms. The molecule has 0 aliphatic rings. The van der Waals surface area contributed by atoms with E-state index in [1.54, 1.807) is 26.0 Å². The molecule has 0 heterocycles. The molecular weight excluding hydrogens is 254 g/mol. The number of nitrogens with two attached hydrogens (primary N) is 1. The van der Waals surface area contributed by atoms with Crippen LogP contribution in [0.25, 0.3) is 0 Å². The lowest BCUT2D eigenvalue weighted by Gasteiger charge is -2.28. The van der Waals surface area contributed by atoms with Gasteiger partial charge in [0.25, 0.3) is 0 Å². The Morgan fingerprint density at radius 3 is 2.20 bits per heavy atom. The number of carbonyl (C=O) groups is 2. The molecule has 0 aliphatic carbocycles. The molecule has 1 aromatic rings. The van der Waals surface area contributed by atoms with Crippen molar-refractivity contribution >= 4 is 17.4 Å². The van der Waals surface area contributed by atoms with Gasteiger partial charge in [-0.05, 0) is 37.5 Å². The summed E-state index contributed by atoms with van der Waals surface area (Å²) < 4.78 is 5.13. The quantitative estimate of drug-likeness (QED) is 0.472. The molecule has 1 atom stereocenters. The van der Waals surface area contributed by atoms with E-state index in [0.29, 0.717) is 24.9 Å². The number of ketones is 1. The van der Waals surface area contributed by atoms with Gasteiger partial charge in [0.1, 0.15) is 11.2 Å². The maximum absolute atomic E-state index is 12.3. The van der Waals surface area contributed by atoms with E-state index < -0.39 is 11.4 Å². The van der Waals surface area contributed by atoms with Gasteiger partial charge in [-0.1, -0.05) is 26.0 Å². The standard InChI is InChI=1S/C16H23NO3/c1-4-14(18)16(5-2,15(19)20-6-3)11-12-7-9-13(17)10-8-12/h7-10H,4-6,11,17H2,1-3H3. The molecule has 1 aromatic carbocycles. The number of benzene rings is 1. The molecule has 2 N–H and O–H groups in total. The van der Waals surface area contributed by atoms with Gasteiger partial charge in [-0.3, -0.25) is 9.59 Å². The van der Waals surface area contributed by atoms with Crippen molar-refractivity contribution in [2.45, 2.75) is 40.0 Å². The maximum atomic E-state index is 12.3. The van der Waals surface area contributed by atoms with E-state index in [0.717, 1.165) is 5.56 Å². The smallest absolute Gasteiger partial charge is 0.319 e. The van der Waals surface area contributed by atoms with E-state index >= 15 is 0 Å². The predicted octanol–water partition coefficient (Wildman–Crippen LogP) is 2.75. The average Bonchev–Trinajstić information content (AvgIpc) is 2.46. The highest BCUT2D eigenvalue weighted by Gasteiger charge is 2.44. The molecule has 0 spiro atoms. The van der Waals surface area contributed by atoms with Crippen LogP contribution in [0.4, 0.5) is 5.69 Å². The van der Waals surface area contributed by atoms with Crippen LogP contribution >= 0.6 is 0 Å². The maximum Gasteiger partial charge on any atom is 0.319 e. The summed E-state index contributed by atoms with van der Waals surface area (Å²) >= 11 is 0. The monoisotopic (exact) mass is 277 g/mol. The summed E-state index contributed by atoms with van der Waals surface area (Å²) in [5.74, 6) is -0.499. The number of ether oxygens (including phenoxy) is 1. The van der Waals surface area contributed by atoms with Gasteiger partial charge in [0.05, 0.1) is 6.61 Å². The number of esters is 1. The molecular formula is C16H23NO3. The first-order valence-corrected chi connectivity index (χ1v) is 7.05. The second-order valence-corrected chi connectivity index (χ2v) is 4.85. The molecule has 0 radical (unpaired) electrons. The van der Waals surface area contributed by atoms with Crippen molar-refractivity contribution in [2.24, 2.45) is 5.41 Å². The van der Waals surface area contributed by atoms with Crippen molar-refractivity contribution in [3.63, 3.8) is 0 Å². The van der Waals surface area contributed by atoms with Gasteiger partial charge in [0.15, 0.2) is 0 Å². The van der Waals surface area contributed by atoms with Crippen LogP contribution in [0.2, 0.25) is 0 Å². The van der Waals surface area contributed by atoms with Crippen molar-refractivity contribution in [2.75, 3.05) is 12.3 Å². The average molecular weight is 277 g/mol.